The molecule has 0 radical (unpaired) electrons. The molecule has 3 aromatic rings. The van der Waals surface area contributed by atoms with Crippen LogP contribution in [0, 0.1) is 0 Å². The number of hydrogen-bond donors (Lipinski definition) is 0. The van der Waals surface area contributed by atoms with E-state index in [1.807, 2.05) is 35.1 Å². The van der Waals surface area contributed by atoms with Gasteiger partial charge in [-0.1, -0.05) is 54.6 Å². The van der Waals surface area contributed by atoms with Gasteiger partial charge < -0.3 is 9.47 Å². The van der Waals surface area contributed by atoms with Gasteiger partial charge in [-0.3, -0.25) is 4.68 Å². The van der Waals surface area contributed by atoms with Crippen molar-refractivity contribution in [3.05, 3.63) is 64.8 Å². The Balaban J connectivity index is 1.44. The van der Waals surface area contributed by atoms with Crippen molar-refractivity contribution in [3.63, 3.8) is 0 Å². The van der Waals surface area contributed by atoms with E-state index in [4.69, 9.17) is 10.3 Å². The van der Waals surface area contributed by atoms with E-state index in [0.717, 1.165) is 43.5 Å². The fourth-order valence-corrected chi connectivity index (χ4v) is 3.44. The Kier molecular flexibility index (Phi) is 9.89. The summed E-state index contributed by atoms with van der Waals surface area (Å²) in [6.07, 6.45) is 11.2. The van der Waals surface area contributed by atoms with Crippen molar-refractivity contribution in [2.75, 3.05) is 13.7 Å². The van der Waals surface area contributed by atoms with Crippen LogP contribution in [0.4, 0.5) is 0 Å². The zero-order valence-corrected chi connectivity index (χ0v) is 19.3. The van der Waals surface area contributed by atoms with Crippen LogP contribution >= 0.6 is 0 Å². The lowest BCUT2D eigenvalue weighted by Crippen LogP contribution is -2.01. The summed E-state index contributed by atoms with van der Waals surface area (Å²) in [5.41, 5.74) is 10.3. The van der Waals surface area contributed by atoms with Gasteiger partial charge in [-0.2, -0.15) is 0 Å². The molecule has 0 unspecified atom stereocenters. The Morgan fingerprint density at radius 1 is 1.09 bits per heavy atom. The minimum absolute atomic E-state index is 0.363. The third kappa shape index (κ3) is 7.90. The predicted molar refractivity (Wildman–Crippen MR) is 127 cm³/mol. The maximum atomic E-state index is 11.5. The van der Waals surface area contributed by atoms with Crippen molar-refractivity contribution in [1.29, 1.82) is 0 Å². The van der Waals surface area contributed by atoms with Gasteiger partial charge in [-0.15, -0.1) is 5.10 Å². The summed E-state index contributed by atoms with van der Waals surface area (Å²) in [6.45, 7) is 1.43. The van der Waals surface area contributed by atoms with Crippen LogP contribution in [0.2, 0.25) is 0 Å². The fraction of sp³-hybridized carbons (Fsp3) is 0.417. The van der Waals surface area contributed by atoms with Crippen LogP contribution in [0.1, 0.15) is 55.3 Å². The monoisotopic (exact) mass is 463 g/mol. The summed E-state index contributed by atoms with van der Waals surface area (Å²) < 4.78 is 12.4. The molecule has 0 atom stereocenters. The Hall–Kier alpha value is -3.91. The molecular weight excluding hydrogens is 434 g/mol. The highest BCUT2D eigenvalue weighted by atomic mass is 16.5. The molecule has 0 saturated heterocycles. The van der Waals surface area contributed by atoms with E-state index in [1.54, 1.807) is 12.1 Å². The molecule has 34 heavy (non-hydrogen) atoms. The zero-order valence-electron chi connectivity index (χ0n) is 19.3. The van der Waals surface area contributed by atoms with Crippen LogP contribution in [0.5, 0.6) is 11.6 Å². The smallest absolute Gasteiger partial charge is 0.339 e. The number of ether oxygens (including phenoxy) is 2. The molecule has 0 amide bonds. The molecule has 2 aromatic heterocycles. The first kappa shape index (κ1) is 24.7. The molecule has 178 valence electrons. The Bertz CT molecular complexity index is 1090. The molecule has 0 bridgehead atoms. The third-order valence-electron chi connectivity index (χ3n) is 5.26. The number of rotatable bonds is 14. The van der Waals surface area contributed by atoms with Crippen LogP contribution in [0.15, 0.2) is 53.9 Å². The van der Waals surface area contributed by atoms with E-state index < -0.39 is 5.97 Å². The van der Waals surface area contributed by atoms with Gasteiger partial charge in [-0.05, 0) is 36.6 Å². The number of benzene rings is 1. The van der Waals surface area contributed by atoms with E-state index in [2.05, 4.69) is 30.1 Å². The lowest BCUT2D eigenvalue weighted by Gasteiger charge is -2.06. The SMILES string of the molecule is COC(=O)c1ccc(Oc2cccc(-c3cn(CCCCCCCCCN=[N+]=[N-])nn3)c2)nc1. The summed E-state index contributed by atoms with van der Waals surface area (Å²) in [5.74, 6) is 0.553. The molecule has 3 rings (SSSR count). The molecular formula is C24H29N7O3. The number of hydrogen-bond acceptors (Lipinski definition) is 7. The minimum Gasteiger partial charge on any atom is -0.465 e. The van der Waals surface area contributed by atoms with E-state index in [-0.39, 0.29) is 0 Å². The summed E-state index contributed by atoms with van der Waals surface area (Å²) in [5, 5.41) is 12.1. The standard InChI is InChI=1S/C24H29N7O3/c1-33-24(32)20-12-13-23(26-17-20)34-21-11-9-10-19(16-21)22-18-31(30-28-22)15-8-6-4-2-3-5-7-14-27-29-25/h9-13,16-18H,2-8,14-15H2,1H3. The number of esters is 1. The average molecular weight is 464 g/mol. The number of methoxy groups -OCH3 is 1. The van der Waals surface area contributed by atoms with Crippen LogP contribution < -0.4 is 4.74 Å². The third-order valence-corrected chi connectivity index (χ3v) is 5.26. The van der Waals surface area contributed by atoms with Crippen molar-refractivity contribution in [1.82, 2.24) is 20.0 Å². The number of carbonyl (C=O) groups excluding carboxylic acids is 1. The number of pyridine rings is 1. The highest BCUT2D eigenvalue weighted by molar-refractivity contribution is 5.88. The number of carbonyl (C=O) groups is 1. The molecule has 10 heteroatoms. The number of nitrogens with zero attached hydrogens (tertiary/aromatic N) is 7. The molecule has 0 aliphatic heterocycles. The highest BCUT2D eigenvalue weighted by Crippen LogP contribution is 2.25. The number of aryl methyl sites for hydroxylation is 1. The molecule has 2 heterocycles. The second-order valence-electron chi connectivity index (χ2n) is 7.80. The summed E-state index contributed by atoms with van der Waals surface area (Å²) >= 11 is 0. The van der Waals surface area contributed by atoms with E-state index in [9.17, 15) is 4.79 Å². The maximum absolute atomic E-state index is 11.5. The van der Waals surface area contributed by atoms with E-state index in [0.29, 0.717) is 23.7 Å². The largest absolute Gasteiger partial charge is 0.465 e. The molecule has 0 saturated carbocycles. The van der Waals surface area contributed by atoms with Crippen molar-refractivity contribution in [2.24, 2.45) is 5.11 Å². The lowest BCUT2D eigenvalue weighted by molar-refractivity contribution is 0.0600. The van der Waals surface area contributed by atoms with E-state index >= 15 is 0 Å². The van der Waals surface area contributed by atoms with Gasteiger partial charge in [0.15, 0.2) is 0 Å². The fourth-order valence-electron chi connectivity index (χ4n) is 3.44. The van der Waals surface area contributed by atoms with Gasteiger partial charge in [0.25, 0.3) is 0 Å². The van der Waals surface area contributed by atoms with Gasteiger partial charge >= 0.3 is 5.97 Å². The van der Waals surface area contributed by atoms with Gasteiger partial charge in [0.05, 0.1) is 18.9 Å². The zero-order chi connectivity index (χ0) is 24.0. The molecule has 0 N–H and O–H groups in total. The Morgan fingerprint density at radius 2 is 1.88 bits per heavy atom. The molecule has 10 nitrogen and oxygen atoms in total. The van der Waals surface area contributed by atoms with Crippen molar-refractivity contribution in [3.8, 4) is 22.9 Å². The molecule has 1 aromatic carbocycles. The summed E-state index contributed by atoms with van der Waals surface area (Å²) in [7, 11) is 1.33. The van der Waals surface area contributed by atoms with Crippen molar-refractivity contribution < 1.29 is 14.3 Å². The topological polar surface area (TPSA) is 128 Å². The maximum Gasteiger partial charge on any atom is 0.339 e. The molecule has 0 aliphatic rings. The lowest BCUT2D eigenvalue weighted by atomic mass is 10.1. The summed E-state index contributed by atoms with van der Waals surface area (Å²) in [4.78, 5) is 18.4. The number of unbranched alkanes of at least 4 members (excludes halogenated alkanes) is 6. The predicted octanol–water partition coefficient (Wildman–Crippen LogP) is 5.96. The van der Waals surface area contributed by atoms with Gasteiger partial charge in [-0.25, -0.2) is 9.78 Å². The molecule has 0 fully saturated rings. The highest BCUT2D eigenvalue weighted by Gasteiger charge is 2.09. The second-order valence-corrected chi connectivity index (χ2v) is 7.80. The summed E-state index contributed by atoms with van der Waals surface area (Å²) in [6, 6.07) is 10.8. The van der Waals surface area contributed by atoms with Gasteiger partial charge in [0.2, 0.25) is 5.88 Å². The van der Waals surface area contributed by atoms with Crippen molar-refractivity contribution >= 4 is 5.97 Å². The normalized spacial score (nSPS) is 10.5. The van der Waals surface area contributed by atoms with Gasteiger partial charge in [0, 0.05) is 35.8 Å². The minimum atomic E-state index is -0.442. The van der Waals surface area contributed by atoms with Crippen LogP contribution in [0.25, 0.3) is 21.7 Å². The first-order valence-electron chi connectivity index (χ1n) is 11.4. The second kappa shape index (κ2) is 13.6. The average Bonchev–Trinajstić information content (AvgIpc) is 3.34. The van der Waals surface area contributed by atoms with E-state index in [1.165, 1.54) is 32.6 Å². The first-order chi connectivity index (χ1) is 16.7. The Morgan fingerprint density at radius 3 is 2.62 bits per heavy atom. The number of azide groups is 1. The quantitative estimate of drug-likeness (QED) is 0.0953. The van der Waals surface area contributed by atoms with Crippen LogP contribution in [-0.2, 0) is 11.3 Å². The van der Waals surface area contributed by atoms with Crippen molar-refractivity contribution in [2.45, 2.75) is 51.5 Å². The number of aromatic nitrogens is 4. The van der Waals surface area contributed by atoms with Gasteiger partial charge in [0.1, 0.15) is 11.4 Å². The van der Waals surface area contributed by atoms with Crippen LogP contribution in [-0.4, -0.2) is 39.6 Å². The Labute approximate surface area is 198 Å². The first-order valence-corrected chi connectivity index (χ1v) is 11.4. The molecule has 0 spiro atoms. The molecule has 0 aliphatic carbocycles. The van der Waals surface area contributed by atoms with Crippen LogP contribution in [0.3, 0.4) is 0 Å².